The molecule has 0 bridgehead atoms. The third kappa shape index (κ3) is 3.40. The predicted molar refractivity (Wildman–Crippen MR) is 121 cm³/mol. The Morgan fingerprint density at radius 1 is 1.06 bits per heavy atom. The zero-order valence-electron chi connectivity index (χ0n) is 19.5. The first-order valence-electron chi connectivity index (χ1n) is 12.7. The maximum atomic E-state index is 11.6. The number of rotatable bonds is 3. The van der Waals surface area contributed by atoms with E-state index in [1.54, 1.807) is 0 Å². The Balaban J connectivity index is 1.41. The second-order valence-electron chi connectivity index (χ2n) is 11.9. The van der Waals surface area contributed by atoms with Crippen molar-refractivity contribution in [2.45, 2.75) is 83.8 Å². The summed E-state index contributed by atoms with van der Waals surface area (Å²) < 4.78 is 0. The maximum Gasteiger partial charge on any atom is 0.107 e. The first-order chi connectivity index (χ1) is 14.8. The highest BCUT2D eigenvalue weighted by Gasteiger charge is 2.60. The van der Waals surface area contributed by atoms with Gasteiger partial charge in [-0.3, -0.25) is 4.98 Å². The minimum atomic E-state index is -1.01. The summed E-state index contributed by atoms with van der Waals surface area (Å²) in [7, 11) is 0. The van der Waals surface area contributed by atoms with Crippen molar-refractivity contribution in [2.75, 3.05) is 6.61 Å². The summed E-state index contributed by atoms with van der Waals surface area (Å²) in [4.78, 5) is 4.57. The van der Waals surface area contributed by atoms with Crippen molar-refractivity contribution in [3.05, 3.63) is 29.6 Å². The smallest absolute Gasteiger partial charge is 0.107 e. The van der Waals surface area contributed by atoms with Gasteiger partial charge in [-0.15, -0.1) is 0 Å². The van der Waals surface area contributed by atoms with Gasteiger partial charge >= 0.3 is 0 Å². The van der Waals surface area contributed by atoms with Crippen molar-refractivity contribution in [1.29, 1.82) is 0 Å². The number of hydrogen-bond donors (Lipinski definition) is 3. The molecule has 4 aliphatic rings. The van der Waals surface area contributed by atoms with E-state index in [1.165, 1.54) is 25.7 Å². The zero-order chi connectivity index (χ0) is 22.0. The number of aromatic nitrogens is 1. The molecular formula is C27H41NO3. The van der Waals surface area contributed by atoms with Crippen molar-refractivity contribution in [3.63, 3.8) is 0 Å². The molecule has 3 N–H and O–H groups in total. The molecule has 31 heavy (non-hydrogen) atoms. The summed E-state index contributed by atoms with van der Waals surface area (Å²) >= 11 is 0. The van der Waals surface area contributed by atoms with Crippen LogP contribution in [0.2, 0.25) is 0 Å². The summed E-state index contributed by atoms with van der Waals surface area (Å²) in [6, 6.07) is 3.99. The normalized spacial score (nSPS) is 46.5. The molecule has 10 atom stereocenters. The third-order valence-corrected chi connectivity index (χ3v) is 10.6. The van der Waals surface area contributed by atoms with Gasteiger partial charge in [-0.25, -0.2) is 0 Å². The third-order valence-electron chi connectivity index (χ3n) is 10.6. The lowest BCUT2D eigenvalue weighted by molar-refractivity contribution is -0.0924. The first kappa shape index (κ1) is 21.9. The Kier molecular flexibility index (Phi) is 5.51. The number of fused-ring (bicyclic) bond motifs is 5. The molecule has 0 aromatic carbocycles. The van der Waals surface area contributed by atoms with Crippen LogP contribution in [0.25, 0.3) is 0 Å². The molecule has 0 spiro atoms. The van der Waals surface area contributed by atoms with Crippen molar-refractivity contribution in [3.8, 4) is 0 Å². The van der Waals surface area contributed by atoms with Crippen LogP contribution in [-0.2, 0) is 5.60 Å². The van der Waals surface area contributed by atoms with Gasteiger partial charge in [0.1, 0.15) is 5.60 Å². The highest BCUT2D eigenvalue weighted by Crippen LogP contribution is 2.66. The van der Waals surface area contributed by atoms with Crippen LogP contribution in [0.3, 0.4) is 0 Å². The predicted octanol–water partition coefficient (Wildman–Crippen LogP) is 4.45. The van der Waals surface area contributed by atoms with E-state index in [4.69, 9.17) is 0 Å². The van der Waals surface area contributed by atoms with E-state index >= 15 is 0 Å². The summed E-state index contributed by atoms with van der Waals surface area (Å²) in [5.41, 5.74) is 1.17. The van der Waals surface area contributed by atoms with Crippen molar-refractivity contribution >= 4 is 0 Å². The molecule has 0 saturated heterocycles. The van der Waals surface area contributed by atoms with Crippen LogP contribution < -0.4 is 0 Å². The SMILES string of the molecule is Cc1ccc([C@@](C)(O)[C@H]2CC[C@@H]3[C@@H](C[C@H]4[C@H]3CC[C@H]3C[C@@H](O)CC[C@@]34C)[C@@H]2CO)nc1. The van der Waals surface area contributed by atoms with Crippen LogP contribution in [0.15, 0.2) is 18.3 Å². The molecule has 1 aromatic heterocycles. The van der Waals surface area contributed by atoms with E-state index in [-0.39, 0.29) is 24.5 Å². The molecular weight excluding hydrogens is 386 g/mol. The van der Waals surface area contributed by atoms with Crippen LogP contribution in [0, 0.1) is 53.8 Å². The minimum Gasteiger partial charge on any atom is -0.396 e. The fourth-order valence-corrected chi connectivity index (χ4v) is 8.88. The number of aliphatic hydroxyl groups excluding tert-OH is 2. The molecule has 4 heteroatoms. The molecule has 0 unspecified atom stereocenters. The summed E-state index contributed by atoms with van der Waals surface area (Å²) in [5.74, 6) is 3.50. The van der Waals surface area contributed by atoms with E-state index in [1.807, 2.05) is 32.2 Å². The molecule has 4 fully saturated rings. The van der Waals surface area contributed by atoms with Crippen molar-refractivity contribution in [1.82, 2.24) is 4.98 Å². The number of nitrogens with zero attached hydrogens (tertiary/aromatic N) is 1. The largest absolute Gasteiger partial charge is 0.396 e. The average Bonchev–Trinajstić information content (AvgIpc) is 3.14. The zero-order valence-corrected chi connectivity index (χ0v) is 19.5. The Morgan fingerprint density at radius 2 is 1.84 bits per heavy atom. The maximum absolute atomic E-state index is 11.6. The van der Waals surface area contributed by atoms with Gasteiger partial charge in [-0.1, -0.05) is 13.0 Å². The van der Waals surface area contributed by atoms with Gasteiger partial charge in [0.25, 0.3) is 0 Å². The quantitative estimate of drug-likeness (QED) is 0.666. The summed E-state index contributed by atoms with van der Waals surface area (Å²) in [6.07, 6.45) is 10.7. The Morgan fingerprint density at radius 3 is 2.55 bits per heavy atom. The molecule has 4 saturated carbocycles. The van der Waals surface area contributed by atoms with Crippen molar-refractivity contribution in [2.24, 2.45) is 46.8 Å². The standard InChI is InChI=1S/C27H41NO3/c1-16-4-9-25(28-14-16)27(3,31)23-8-7-19-20-6-5-17-12-18(30)10-11-26(17,2)24(20)13-21(19)22(23)15-29/h4,9,14,17-24,29-31H,5-8,10-13,15H2,1-3H3/t17-,18-,19-,20-,21+,22-,23-,24-,26-,27-/m0/s1. The molecule has 0 aliphatic heterocycles. The number of pyridine rings is 1. The number of aryl methyl sites for hydroxylation is 1. The van der Waals surface area contributed by atoms with E-state index < -0.39 is 5.60 Å². The highest BCUT2D eigenvalue weighted by molar-refractivity contribution is 5.20. The number of aliphatic hydroxyl groups is 3. The fourth-order valence-electron chi connectivity index (χ4n) is 8.88. The molecule has 0 amide bonds. The van der Waals surface area contributed by atoms with E-state index in [0.717, 1.165) is 42.9 Å². The Bertz CT molecular complexity index is 792. The van der Waals surface area contributed by atoms with Crippen LogP contribution in [0.1, 0.15) is 76.5 Å². The van der Waals surface area contributed by atoms with E-state index in [2.05, 4.69) is 11.9 Å². The Hall–Kier alpha value is -0.970. The van der Waals surface area contributed by atoms with Gasteiger partial charge in [0.2, 0.25) is 0 Å². The van der Waals surface area contributed by atoms with Gasteiger partial charge in [0.15, 0.2) is 0 Å². The number of hydrogen-bond acceptors (Lipinski definition) is 4. The minimum absolute atomic E-state index is 0.0471. The van der Waals surface area contributed by atoms with E-state index in [9.17, 15) is 15.3 Å². The van der Waals surface area contributed by atoms with Gasteiger partial charge in [0, 0.05) is 12.8 Å². The lowest BCUT2D eigenvalue weighted by Crippen LogP contribution is -2.47. The van der Waals surface area contributed by atoms with Gasteiger partial charge < -0.3 is 15.3 Å². The van der Waals surface area contributed by atoms with Gasteiger partial charge in [0.05, 0.1) is 11.8 Å². The first-order valence-corrected chi connectivity index (χ1v) is 12.7. The highest BCUT2D eigenvalue weighted by atomic mass is 16.3. The molecule has 4 nitrogen and oxygen atoms in total. The van der Waals surface area contributed by atoms with Crippen LogP contribution in [-0.4, -0.2) is 33.0 Å². The second kappa shape index (κ2) is 7.81. The Labute approximate surface area is 187 Å². The second-order valence-corrected chi connectivity index (χ2v) is 11.9. The molecule has 1 aromatic rings. The monoisotopic (exact) mass is 427 g/mol. The lowest BCUT2D eigenvalue weighted by atomic mass is 9.52. The van der Waals surface area contributed by atoms with E-state index in [0.29, 0.717) is 29.1 Å². The van der Waals surface area contributed by atoms with Gasteiger partial charge in [-0.05, 0) is 124 Å². The average molecular weight is 428 g/mol. The fraction of sp³-hybridized carbons (Fsp3) is 0.815. The summed E-state index contributed by atoms with van der Waals surface area (Å²) in [5, 5.41) is 32.5. The molecule has 0 radical (unpaired) electrons. The molecule has 172 valence electrons. The van der Waals surface area contributed by atoms with Crippen LogP contribution in [0.5, 0.6) is 0 Å². The van der Waals surface area contributed by atoms with Crippen LogP contribution >= 0.6 is 0 Å². The topological polar surface area (TPSA) is 73.6 Å². The lowest BCUT2D eigenvalue weighted by Gasteiger charge is -2.53. The molecule has 4 aliphatic carbocycles. The summed E-state index contributed by atoms with van der Waals surface area (Å²) in [6.45, 7) is 6.60. The van der Waals surface area contributed by atoms with Crippen molar-refractivity contribution < 1.29 is 15.3 Å². The van der Waals surface area contributed by atoms with Crippen LogP contribution in [0.4, 0.5) is 0 Å². The molecule has 1 heterocycles. The molecule has 5 rings (SSSR count). The van der Waals surface area contributed by atoms with Gasteiger partial charge in [-0.2, -0.15) is 0 Å².